The van der Waals surface area contributed by atoms with Gasteiger partial charge in [-0.05, 0) is 48.9 Å². The van der Waals surface area contributed by atoms with Crippen LogP contribution in [0.25, 0.3) is 0 Å². The molecule has 1 N–H and O–H groups in total. The zero-order valence-corrected chi connectivity index (χ0v) is 16.0. The third kappa shape index (κ3) is 5.26. The topological polar surface area (TPSA) is 75.7 Å². The Balaban J connectivity index is 2.04. The molecule has 1 aromatic carbocycles. The largest absolute Gasteiger partial charge is 0.385 e. The second kappa shape index (κ2) is 8.78. The number of ether oxygens (including phenoxy) is 1. The van der Waals surface area contributed by atoms with Crippen LogP contribution in [0.3, 0.4) is 0 Å². The van der Waals surface area contributed by atoms with Gasteiger partial charge in [-0.3, -0.25) is 4.79 Å². The van der Waals surface area contributed by atoms with Gasteiger partial charge in [-0.15, -0.1) is 0 Å². The Hall–Kier alpha value is -1.44. The highest BCUT2D eigenvalue weighted by Crippen LogP contribution is 2.26. The molecule has 0 spiro atoms. The van der Waals surface area contributed by atoms with Crippen LogP contribution in [0.1, 0.15) is 37.0 Å². The van der Waals surface area contributed by atoms with E-state index in [0.717, 1.165) is 12.8 Å². The Kier molecular flexibility index (Phi) is 6.98. The summed E-state index contributed by atoms with van der Waals surface area (Å²) < 4.78 is 32.1. The number of carbonyl (C=O) groups excluding carboxylic acids is 1. The highest BCUT2D eigenvalue weighted by atomic mass is 32.2. The Labute approximate surface area is 150 Å². The summed E-state index contributed by atoms with van der Waals surface area (Å²) in [6, 6.07) is 6.16. The third-order valence-electron chi connectivity index (χ3n) is 4.40. The van der Waals surface area contributed by atoms with E-state index in [4.69, 9.17) is 4.74 Å². The van der Waals surface area contributed by atoms with Gasteiger partial charge in [0.05, 0.1) is 4.90 Å². The van der Waals surface area contributed by atoms with Crippen molar-refractivity contribution < 1.29 is 17.9 Å². The van der Waals surface area contributed by atoms with E-state index in [1.807, 2.05) is 0 Å². The van der Waals surface area contributed by atoms with Gasteiger partial charge in [0.15, 0.2) is 0 Å². The summed E-state index contributed by atoms with van der Waals surface area (Å²) in [5.74, 6) is 0.506. The van der Waals surface area contributed by atoms with Gasteiger partial charge in [-0.2, -0.15) is 4.31 Å². The van der Waals surface area contributed by atoms with Crippen molar-refractivity contribution in [1.29, 1.82) is 0 Å². The molecular formula is C18H28N2O4S. The van der Waals surface area contributed by atoms with E-state index in [2.05, 4.69) is 19.2 Å². The van der Waals surface area contributed by atoms with Crippen LogP contribution in [0.4, 0.5) is 0 Å². The molecule has 6 nitrogen and oxygen atoms in total. The van der Waals surface area contributed by atoms with Crippen LogP contribution in [0, 0.1) is 11.8 Å². The summed E-state index contributed by atoms with van der Waals surface area (Å²) in [5, 5.41) is 2.79. The molecule has 1 heterocycles. The summed E-state index contributed by atoms with van der Waals surface area (Å²) >= 11 is 0. The normalized spacial score (nSPS) is 21.9. The Bertz CT molecular complexity index is 663. The lowest BCUT2D eigenvalue weighted by Crippen LogP contribution is -2.42. The number of hydrogen-bond acceptors (Lipinski definition) is 4. The van der Waals surface area contributed by atoms with Crippen LogP contribution >= 0.6 is 0 Å². The number of sulfonamides is 1. The number of hydrogen-bond donors (Lipinski definition) is 1. The maximum Gasteiger partial charge on any atom is 0.251 e. The first-order valence-corrected chi connectivity index (χ1v) is 10.2. The van der Waals surface area contributed by atoms with E-state index in [1.54, 1.807) is 23.5 Å². The van der Waals surface area contributed by atoms with E-state index in [9.17, 15) is 13.2 Å². The van der Waals surface area contributed by atoms with Crippen molar-refractivity contribution in [2.24, 2.45) is 11.8 Å². The monoisotopic (exact) mass is 368 g/mol. The zero-order valence-electron chi connectivity index (χ0n) is 15.2. The van der Waals surface area contributed by atoms with E-state index in [0.29, 0.717) is 43.6 Å². The number of piperidine rings is 1. The fourth-order valence-corrected chi connectivity index (χ4v) is 4.93. The average molecular weight is 368 g/mol. The molecule has 1 aliphatic rings. The van der Waals surface area contributed by atoms with Gasteiger partial charge in [0.25, 0.3) is 5.91 Å². The van der Waals surface area contributed by atoms with E-state index < -0.39 is 10.0 Å². The van der Waals surface area contributed by atoms with E-state index in [1.165, 1.54) is 12.1 Å². The summed E-state index contributed by atoms with van der Waals surface area (Å²) in [7, 11) is -1.89. The van der Waals surface area contributed by atoms with Crippen molar-refractivity contribution in [2.45, 2.75) is 31.6 Å². The number of nitrogens with one attached hydrogen (secondary N) is 1. The second-order valence-electron chi connectivity index (χ2n) is 6.89. The van der Waals surface area contributed by atoms with Crippen molar-refractivity contribution in [1.82, 2.24) is 9.62 Å². The maximum absolute atomic E-state index is 12.8. The molecule has 140 valence electrons. The molecule has 25 heavy (non-hydrogen) atoms. The van der Waals surface area contributed by atoms with Crippen LogP contribution in [-0.4, -0.2) is 52.0 Å². The standard InChI is InChI=1S/C18H28N2O4S/c1-14-11-15(2)13-20(12-14)25(22,23)17-7-5-16(6-8-17)18(21)19-9-4-10-24-3/h5-8,14-15H,4,9-13H2,1-3H3,(H,19,21). The van der Waals surface area contributed by atoms with Crippen molar-refractivity contribution in [3.63, 3.8) is 0 Å². The van der Waals surface area contributed by atoms with Gasteiger partial charge in [-0.25, -0.2) is 8.42 Å². The lowest BCUT2D eigenvalue weighted by molar-refractivity contribution is 0.0948. The molecular weight excluding hydrogens is 340 g/mol. The summed E-state index contributed by atoms with van der Waals surface area (Å²) in [4.78, 5) is 12.3. The molecule has 7 heteroatoms. The molecule has 2 atom stereocenters. The van der Waals surface area contributed by atoms with Crippen molar-refractivity contribution in [3.05, 3.63) is 29.8 Å². The third-order valence-corrected chi connectivity index (χ3v) is 6.25. The van der Waals surface area contributed by atoms with Crippen LogP contribution in [0.2, 0.25) is 0 Å². The van der Waals surface area contributed by atoms with Gasteiger partial charge in [0, 0.05) is 38.9 Å². The number of methoxy groups -OCH3 is 1. The molecule has 0 saturated carbocycles. The average Bonchev–Trinajstić information content (AvgIpc) is 2.58. The molecule has 1 aliphatic heterocycles. The number of rotatable bonds is 7. The molecule has 0 bridgehead atoms. The first-order valence-electron chi connectivity index (χ1n) is 8.72. The summed E-state index contributed by atoms with van der Waals surface area (Å²) in [5.41, 5.74) is 0.455. The Morgan fingerprint density at radius 2 is 1.80 bits per heavy atom. The van der Waals surface area contributed by atoms with Crippen molar-refractivity contribution >= 4 is 15.9 Å². The number of amides is 1. The van der Waals surface area contributed by atoms with Gasteiger partial charge in [0.2, 0.25) is 10.0 Å². The van der Waals surface area contributed by atoms with E-state index >= 15 is 0 Å². The van der Waals surface area contributed by atoms with Gasteiger partial charge in [0.1, 0.15) is 0 Å². The molecule has 1 fully saturated rings. The number of nitrogens with zero attached hydrogens (tertiary/aromatic N) is 1. The molecule has 2 rings (SSSR count). The van der Waals surface area contributed by atoms with Gasteiger partial charge < -0.3 is 10.1 Å². The molecule has 0 radical (unpaired) electrons. The molecule has 1 saturated heterocycles. The number of benzene rings is 1. The molecule has 2 unspecified atom stereocenters. The summed E-state index contributed by atoms with van der Waals surface area (Å²) in [6.07, 6.45) is 1.79. The minimum absolute atomic E-state index is 0.208. The Morgan fingerprint density at radius 1 is 1.20 bits per heavy atom. The predicted molar refractivity (Wildman–Crippen MR) is 97.0 cm³/mol. The van der Waals surface area contributed by atoms with Crippen LogP contribution in [-0.2, 0) is 14.8 Å². The van der Waals surface area contributed by atoms with E-state index in [-0.39, 0.29) is 10.8 Å². The molecule has 1 aromatic rings. The maximum atomic E-state index is 12.8. The Morgan fingerprint density at radius 3 is 2.36 bits per heavy atom. The first-order chi connectivity index (χ1) is 11.8. The second-order valence-corrected chi connectivity index (χ2v) is 8.83. The SMILES string of the molecule is COCCCNC(=O)c1ccc(S(=O)(=O)N2CC(C)CC(C)C2)cc1. The van der Waals surface area contributed by atoms with Crippen LogP contribution < -0.4 is 5.32 Å². The molecule has 0 aromatic heterocycles. The lowest BCUT2D eigenvalue weighted by atomic mass is 9.94. The van der Waals surface area contributed by atoms with Gasteiger partial charge in [-0.1, -0.05) is 13.8 Å². The smallest absolute Gasteiger partial charge is 0.251 e. The highest BCUT2D eigenvalue weighted by molar-refractivity contribution is 7.89. The zero-order chi connectivity index (χ0) is 18.4. The van der Waals surface area contributed by atoms with Crippen molar-refractivity contribution in [2.75, 3.05) is 33.4 Å². The predicted octanol–water partition coefficient (Wildman–Crippen LogP) is 2.12. The van der Waals surface area contributed by atoms with Crippen molar-refractivity contribution in [3.8, 4) is 0 Å². The lowest BCUT2D eigenvalue weighted by Gasteiger charge is -2.34. The minimum Gasteiger partial charge on any atom is -0.385 e. The van der Waals surface area contributed by atoms with Crippen LogP contribution in [0.15, 0.2) is 29.2 Å². The van der Waals surface area contributed by atoms with Gasteiger partial charge >= 0.3 is 0 Å². The number of carbonyl (C=O) groups is 1. The summed E-state index contributed by atoms with van der Waals surface area (Å²) in [6.45, 7) is 6.37. The molecule has 0 aliphatic carbocycles. The fourth-order valence-electron chi connectivity index (χ4n) is 3.25. The first kappa shape index (κ1) is 19.9. The molecule has 1 amide bonds. The minimum atomic E-state index is -3.51. The van der Waals surface area contributed by atoms with Crippen LogP contribution in [0.5, 0.6) is 0 Å². The quantitative estimate of drug-likeness (QED) is 0.748. The fraction of sp³-hybridized carbons (Fsp3) is 0.611. The highest BCUT2D eigenvalue weighted by Gasteiger charge is 2.31.